The Balaban J connectivity index is 2.07. The van der Waals surface area contributed by atoms with Gasteiger partial charge in [-0.1, -0.05) is 18.3 Å². The first-order valence-corrected chi connectivity index (χ1v) is 6.69. The molecule has 90 valence electrons. The Bertz CT molecular complexity index is 495. The van der Waals surface area contributed by atoms with Crippen molar-refractivity contribution in [2.45, 2.75) is 19.4 Å². The number of aromatic nitrogens is 3. The van der Waals surface area contributed by atoms with Crippen molar-refractivity contribution in [1.29, 1.82) is 0 Å². The lowest BCUT2D eigenvalue weighted by Gasteiger charge is -2.12. The second kappa shape index (κ2) is 5.19. The van der Waals surface area contributed by atoms with Gasteiger partial charge in [-0.25, -0.2) is 4.98 Å². The molecule has 17 heavy (non-hydrogen) atoms. The molecule has 6 nitrogen and oxygen atoms in total. The fourth-order valence-corrected chi connectivity index (χ4v) is 2.58. The molecule has 0 aliphatic rings. The number of nitrogens with zero attached hydrogens (tertiary/aromatic N) is 3. The third kappa shape index (κ3) is 2.77. The maximum atomic E-state index is 11.8. The molecule has 0 aliphatic heterocycles. The summed E-state index contributed by atoms with van der Waals surface area (Å²) in [6.45, 7) is 1.99. The average Bonchev–Trinajstić information content (AvgIpc) is 2.96. The van der Waals surface area contributed by atoms with E-state index < -0.39 is 0 Å². The molecule has 1 atom stereocenters. The molecule has 2 rings (SSSR count). The van der Waals surface area contributed by atoms with E-state index in [9.17, 15) is 4.79 Å². The molecule has 0 saturated carbocycles. The van der Waals surface area contributed by atoms with Crippen LogP contribution in [0.4, 0.5) is 5.13 Å². The summed E-state index contributed by atoms with van der Waals surface area (Å²) in [4.78, 5) is 16.0. The van der Waals surface area contributed by atoms with Crippen molar-refractivity contribution in [2.24, 2.45) is 0 Å². The highest BCUT2D eigenvalue weighted by Crippen LogP contribution is 2.20. The van der Waals surface area contributed by atoms with Crippen molar-refractivity contribution in [2.75, 3.05) is 5.73 Å². The Morgan fingerprint density at radius 3 is 2.94 bits per heavy atom. The number of nitrogen functional groups attached to an aromatic ring is 1. The molecule has 0 saturated heterocycles. The van der Waals surface area contributed by atoms with Crippen LogP contribution >= 0.6 is 22.7 Å². The summed E-state index contributed by atoms with van der Waals surface area (Å²) in [6.07, 6.45) is 2.49. The van der Waals surface area contributed by atoms with E-state index >= 15 is 0 Å². The van der Waals surface area contributed by atoms with E-state index in [-0.39, 0.29) is 22.1 Å². The molecule has 0 spiro atoms. The molecule has 0 aliphatic carbocycles. The van der Waals surface area contributed by atoms with Crippen LogP contribution in [-0.2, 0) is 0 Å². The lowest BCUT2D eigenvalue weighted by Crippen LogP contribution is -2.28. The molecule has 1 amide bonds. The number of carbonyl (C=O) groups excluding carboxylic acids is 1. The highest BCUT2D eigenvalue weighted by molar-refractivity contribution is 7.16. The second-order valence-electron chi connectivity index (χ2n) is 3.25. The largest absolute Gasteiger partial charge is 0.374 e. The predicted octanol–water partition coefficient (Wildman–Crippen LogP) is 1.46. The van der Waals surface area contributed by atoms with Gasteiger partial charge in [0.2, 0.25) is 10.1 Å². The number of hydrogen-bond donors (Lipinski definition) is 2. The zero-order valence-electron chi connectivity index (χ0n) is 9.08. The number of nitrogens with one attached hydrogen (secondary N) is 1. The first kappa shape index (κ1) is 11.9. The second-order valence-corrected chi connectivity index (χ2v) is 5.19. The average molecular weight is 269 g/mol. The summed E-state index contributed by atoms with van der Waals surface area (Å²) in [5.74, 6) is -0.263. The zero-order valence-corrected chi connectivity index (χ0v) is 10.7. The number of rotatable bonds is 4. The minimum atomic E-state index is -0.263. The SMILES string of the molecule is CCC(NC(=O)c1nnc(N)s1)c1nccs1. The highest BCUT2D eigenvalue weighted by atomic mass is 32.1. The topological polar surface area (TPSA) is 93.8 Å². The van der Waals surface area contributed by atoms with E-state index in [0.717, 1.165) is 22.8 Å². The number of carbonyl (C=O) groups is 1. The molecular formula is C9H11N5OS2. The number of anilines is 1. The van der Waals surface area contributed by atoms with Crippen molar-refractivity contribution >= 4 is 33.7 Å². The van der Waals surface area contributed by atoms with Crippen LogP contribution in [0.5, 0.6) is 0 Å². The van der Waals surface area contributed by atoms with E-state index in [1.54, 1.807) is 6.20 Å². The Labute approximate surface area is 106 Å². The van der Waals surface area contributed by atoms with Crippen molar-refractivity contribution in [3.63, 3.8) is 0 Å². The molecule has 0 radical (unpaired) electrons. The summed E-state index contributed by atoms with van der Waals surface area (Å²) >= 11 is 2.59. The van der Waals surface area contributed by atoms with Crippen LogP contribution in [0.2, 0.25) is 0 Å². The molecular weight excluding hydrogens is 258 g/mol. The van der Waals surface area contributed by atoms with Gasteiger partial charge in [-0.05, 0) is 6.42 Å². The van der Waals surface area contributed by atoms with Gasteiger partial charge >= 0.3 is 0 Å². The van der Waals surface area contributed by atoms with Gasteiger partial charge in [0.1, 0.15) is 5.01 Å². The smallest absolute Gasteiger partial charge is 0.282 e. The summed E-state index contributed by atoms with van der Waals surface area (Å²) in [6, 6.07) is -0.0902. The normalized spacial score (nSPS) is 12.3. The quantitative estimate of drug-likeness (QED) is 0.876. The Kier molecular flexibility index (Phi) is 3.64. The Hall–Kier alpha value is -1.54. The van der Waals surface area contributed by atoms with Gasteiger partial charge in [-0.3, -0.25) is 4.79 Å². The molecule has 2 aromatic heterocycles. The van der Waals surface area contributed by atoms with Crippen LogP contribution in [0.15, 0.2) is 11.6 Å². The van der Waals surface area contributed by atoms with Crippen LogP contribution < -0.4 is 11.1 Å². The summed E-state index contributed by atoms with van der Waals surface area (Å²) in [7, 11) is 0. The maximum absolute atomic E-state index is 11.8. The van der Waals surface area contributed by atoms with E-state index in [4.69, 9.17) is 5.73 Å². The van der Waals surface area contributed by atoms with Crippen LogP contribution in [0.25, 0.3) is 0 Å². The standard InChI is InChI=1S/C9H11N5OS2/c1-2-5(7-11-3-4-16-7)12-6(15)8-13-14-9(10)17-8/h3-5H,2H2,1H3,(H2,10,14)(H,12,15). The van der Waals surface area contributed by atoms with Crippen molar-refractivity contribution < 1.29 is 4.79 Å². The van der Waals surface area contributed by atoms with Gasteiger partial charge in [-0.2, -0.15) is 0 Å². The molecule has 2 aromatic rings. The fourth-order valence-electron chi connectivity index (χ4n) is 1.29. The first-order valence-electron chi connectivity index (χ1n) is 5.00. The van der Waals surface area contributed by atoms with E-state index in [1.807, 2.05) is 12.3 Å². The first-order chi connectivity index (χ1) is 8.20. The van der Waals surface area contributed by atoms with Crippen LogP contribution in [-0.4, -0.2) is 21.1 Å². The molecule has 0 aromatic carbocycles. The summed E-state index contributed by atoms with van der Waals surface area (Å²) < 4.78 is 0. The van der Waals surface area contributed by atoms with E-state index in [0.29, 0.717) is 0 Å². The van der Waals surface area contributed by atoms with E-state index in [2.05, 4.69) is 20.5 Å². The van der Waals surface area contributed by atoms with Gasteiger partial charge in [0.25, 0.3) is 5.91 Å². The van der Waals surface area contributed by atoms with E-state index in [1.165, 1.54) is 11.3 Å². The fraction of sp³-hybridized carbons (Fsp3) is 0.333. The van der Waals surface area contributed by atoms with Crippen molar-refractivity contribution in [3.05, 3.63) is 21.6 Å². The van der Waals surface area contributed by atoms with Gasteiger partial charge in [-0.15, -0.1) is 21.5 Å². The molecule has 0 fully saturated rings. The summed E-state index contributed by atoms with van der Waals surface area (Å²) in [5.41, 5.74) is 5.43. The molecule has 1 unspecified atom stereocenters. The van der Waals surface area contributed by atoms with Gasteiger partial charge in [0.15, 0.2) is 0 Å². The minimum Gasteiger partial charge on any atom is -0.374 e. The van der Waals surface area contributed by atoms with Crippen LogP contribution in [0.1, 0.15) is 34.2 Å². The third-order valence-corrected chi connectivity index (χ3v) is 3.74. The predicted molar refractivity (Wildman–Crippen MR) is 66.9 cm³/mol. The summed E-state index contributed by atoms with van der Waals surface area (Å²) in [5, 5.41) is 13.5. The molecule has 8 heteroatoms. The van der Waals surface area contributed by atoms with Gasteiger partial charge in [0, 0.05) is 11.6 Å². The lowest BCUT2D eigenvalue weighted by atomic mass is 10.2. The number of nitrogens with two attached hydrogens (primary N) is 1. The number of thiazole rings is 1. The van der Waals surface area contributed by atoms with Crippen LogP contribution in [0, 0.1) is 0 Å². The van der Waals surface area contributed by atoms with Crippen LogP contribution in [0.3, 0.4) is 0 Å². The van der Waals surface area contributed by atoms with Gasteiger partial charge < -0.3 is 11.1 Å². The molecule has 3 N–H and O–H groups in total. The Morgan fingerprint density at radius 1 is 1.59 bits per heavy atom. The maximum Gasteiger partial charge on any atom is 0.282 e. The molecule has 2 heterocycles. The molecule has 0 bridgehead atoms. The van der Waals surface area contributed by atoms with Crippen molar-refractivity contribution in [1.82, 2.24) is 20.5 Å². The zero-order chi connectivity index (χ0) is 12.3. The Morgan fingerprint density at radius 2 is 2.41 bits per heavy atom. The number of hydrogen-bond acceptors (Lipinski definition) is 7. The van der Waals surface area contributed by atoms with Gasteiger partial charge in [0.05, 0.1) is 6.04 Å². The monoisotopic (exact) mass is 269 g/mol. The third-order valence-electron chi connectivity index (χ3n) is 2.10. The lowest BCUT2D eigenvalue weighted by molar-refractivity contribution is 0.0934. The highest BCUT2D eigenvalue weighted by Gasteiger charge is 2.18. The minimum absolute atomic E-state index is 0.0902. The van der Waals surface area contributed by atoms with Crippen molar-refractivity contribution in [3.8, 4) is 0 Å². The number of amides is 1.